The first kappa shape index (κ1) is 6.36. The van der Waals surface area contributed by atoms with Crippen LogP contribution in [0.4, 0.5) is 0 Å². The average Bonchev–Trinajstić information content (AvgIpc) is 2.45. The zero-order chi connectivity index (χ0) is 7.84. The fourth-order valence-electron chi connectivity index (χ4n) is 0.866. The molecule has 0 aliphatic rings. The van der Waals surface area contributed by atoms with E-state index in [1.165, 1.54) is 11.3 Å². The van der Waals surface area contributed by atoms with E-state index in [-0.39, 0.29) is 11.4 Å². The van der Waals surface area contributed by atoms with Gasteiger partial charge in [-0.3, -0.25) is 4.79 Å². The number of H-pyrrole nitrogens is 1. The van der Waals surface area contributed by atoms with Crippen LogP contribution in [0.5, 0.6) is 5.88 Å². The van der Waals surface area contributed by atoms with E-state index in [1.54, 1.807) is 11.4 Å². The van der Waals surface area contributed by atoms with Crippen LogP contribution < -0.4 is 10.7 Å². The van der Waals surface area contributed by atoms with E-state index < -0.39 is 0 Å². The summed E-state index contributed by atoms with van der Waals surface area (Å²) >= 11 is 1.24. The Hall–Kier alpha value is -1.36. The Morgan fingerprint density at radius 1 is 1.64 bits per heavy atom. The molecule has 0 amide bonds. The highest BCUT2D eigenvalue weighted by Crippen LogP contribution is 2.20. The zero-order valence-electron chi connectivity index (χ0n) is 5.33. The highest BCUT2D eigenvalue weighted by Gasteiger charge is 1.99. The Morgan fingerprint density at radius 3 is 3.18 bits per heavy atom. The van der Waals surface area contributed by atoms with Crippen molar-refractivity contribution < 1.29 is 5.11 Å². The monoisotopic (exact) mass is 167 g/mol. The van der Waals surface area contributed by atoms with Gasteiger partial charge in [-0.15, -0.1) is 11.3 Å². The van der Waals surface area contributed by atoms with Crippen molar-refractivity contribution in [3.63, 3.8) is 0 Å². The Balaban J connectivity index is 3.08. The zero-order valence-corrected chi connectivity index (χ0v) is 6.14. The number of nitrogens with zero attached hydrogens (tertiary/aromatic N) is 1. The second-order valence-corrected chi connectivity index (χ2v) is 2.94. The lowest BCUT2D eigenvalue weighted by atomic mass is 10.4. The van der Waals surface area contributed by atoms with Gasteiger partial charge in [-0.2, -0.15) is 5.10 Å². The van der Waals surface area contributed by atoms with Crippen molar-refractivity contribution in [3.05, 3.63) is 21.8 Å². The molecule has 0 aliphatic heterocycles. The van der Waals surface area contributed by atoms with Crippen LogP contribution in [0.3, 0.4) is 0 Å². The maximum Gasteiger partial charge on any atom is 0.282 e. The first-order valence-corrected chi connectivity index (χ1v) is 3.80. The maximum absolute atomic E-state index is 10.9. The molecule has 5 heteroatoms. The summed E-state index contributed by atoms with van der Waals surface area (Å²) in [4.78, 5) is 10.9. The lowest BCUT2D eigenvalue weighted by Crippen LogP contribution is -2.09. The third kappa shape index (κ3) is 0.813. The molecule has 2 heterocycles. The first-order valence-electron chi connectivity index (χ1n) is 2.92. The summed E-state index contributed by atoms with van der Waals surface area (Å²) in [5.41, 5.74) is -0.297. The molecule has 0 bridgehead atoms. The minimum absolute atomic E-state index is 0.297. The molecule has 4 nitrogen and oxygen atoms in total. The largest absolute Gasteiger partial charge is 0.857 e. The van der Waals surface area contributed by atoms with Gasteiger partial charge in [0.1, 0.15) is 4.70 Å². The van der Waals surface area contributed by atoms with Crippen LogP contribution in [-0.4, -0.2) is 10.2 Å². The van der Waals surface area contributed by atoms with Crippen molar-refractivity contribution in [1.29, 1.82) is 0 Å². The van der Waals surface area contributed by atoms with E-state index in [9.17, 15) is 9.90 Å². The van der Waals surface area contributed by atoms with Crippen LogP contribution in [-0.2, 0) is 0 Å². The van der Waals surface area contributed by atoms with Gasteiger partial charge in [0.25, 0.3) is 5.56 Å². The van der Waals surface area contributed by atoms with Gasteiger partial charge < -0.3 is 5.11 Å². The predicted molar refractivity (Wildman–Crippen MR) is 39.7 cm³/mol. The Morgan fingerprint density at radius 2 is 2.45 bits per heavy atom. The number of aromatic nitrogens is 2. The second-order valence-electron chi connectivity index (χ2n) is 2.02. The third-order valence-corrected chi connectivity index (χ3v) is 2.27. The van der Waals surface area contributed by atoms with Crippen LogP contribution in [0.2, 0.25) is 0 Å². The van der Waals surface area contributed by atoms with Gasteiger partial charge in [0.15, 0.2) is 0 Å². The highest BCUT2D eigenvalue weighted by molar-refractivity contribution is 7.17. The molecule has 0 fully saturated rings. The normalized spacial score (nSPS) is 10.5. The van der Waals surface area contributed by atoms with E-state index >= 15 is 0 Å². The van der Waals surface area contributed by atoms with Crippen molar-refractivity contribution in [2.24, 2.45) is 0 Å². The van der Waals surface area contributed by atoms with Gasteiger partial charge >= 0.3 is 0 Å². The summed E-state index contributed by atoms with van der Waals surface area (Å²) in [7, 11) is 0. The molecule has 0 radical (unpaired) electrons. The van der Waals surface area contributed by atoms with Crippen molar-refractivity contribution in [1.82, 2.24) is 10.2 Å². The van der Waals surface area contributed by atoms with Gasteiger partial charge in [-0.05, 0) is 11.4 Å². The fraction of sp³-hybridized carbons (Fsp3) is 0. The minimum atomic E-state index is -0.374. The number of hydrogen-bond donors (Lipinski definition) is 1. The van der Waals surface area contributed by atoms with Gasteiger partial charge in [0, 0.05) is 11.3 Å². The number of aromatic amines is 1. The lowest BCUT2D eigenvalue weighted by Gasteiger charge is -2.01. The van der Waals surface area contributed by atoms with Crippen LogP contribution >= 0.6 is 11.3 Å². The highest BCUT2D eigenvalue weighted by atomic mass is 32.1. The molecule has 2 rings (SSSR count). The van der Waals surface area contributed by atoms with Gasteiger partial charge in [0.05, 0.1) is 0 Å². The van der Waals surface area contributed by atoms with E-state index in [4.69, 9.17) is 0 Å². The molecule has 1 N–H and O–H groups in total. The molecule has 56 valence electrons. The SMILES string of the molecule is O=c1[nH]nc([O-])c2ccsc12. The molecule has 0 saturated carbocycles. The molecular formula is C6H3N2O2S-. The van der Waals surface area contributed by atoms with E-state index in [0.29, 0.717) is 10.1 Å². The van der Waals surface area contributed by atoms with E-state index in [0.717, 1.165) is 0 Å². The van der Waals surface area contributed by atoms with Crippen LogP contribution in [0.1, 0.15) is 0 Å². The van der Waals surface area contributed by atoms with Gasteiger partial charge in [-0.25, -0.2) is 5.10 Å². The molecule has 0 saturated heterocycles. The first-order chi connectivity index (χ1) is 5.29. The molecule has 0 spiro atoms. The molecule has 11 heavy (non-hydrogen) atoms. The van der Waals surface area contributed by atoms with Crippen LogP contribution in [0.15, 0.2) is 16.2 Å². The Kier molecular flexibility index (Phi) is 1.19. The summed E-state index contributed by atoms with van der Waals surface area (Å²) in [6.45, 7) is 0. The smallest absolute Gasteiger partial charge is 0.282 e. The maximum atomic E-state index is 10.9. The lowest BCUT2D eigenvalue weighted by molar-refractivity contribution is -0.273. The molecular weight excluding hydrogens is 164 g/mol. The van der Waals surface area contributed by atoms with Crippen molar-refractivity contribution >= 4 is 21.4 Å². The number of thiophene rings is 1. The molecule has 0 aliphatic carbocycles. The number of fused-ring (bicyclic) bond motifs is 1. The standard InChI is InChI=1S/C6H4N2O2S/c9-5-3-1-2-11-4(3)6(10)8-7-5/h1-2H,(H,7,9)(H,8,10)/p-1. The number of hydrogen-bond acceptors (Lipinski definition) is 4. The molecule has 0 atom stereocenters. The summed E-state index contributed by atoms with van der Waals surface area (Å²) in [5, 5.41) is 18.4. The molecule has 0 aromatic carbocycles. The summed E-state index contributed by atoms with van der Waals surface area (Å²) in [6, 6.07) is 1.60. The van der Waals surface area contributed by atoms with Crippen molar-refractivity contribution in [2.45, 2.75) is 0 Å². The second kappa shape index (κ2) is 2.06. The minimum Gasteiger partial charge on any atom is -0.857 e. The van der Waals surface area contributed by atoms with Crippen molar-refractivity contribution in [2.75, 3.05) is 0 Å². The van der Waals surface area contributed by atoms with E-state index in [1.807, 2.05) is 0 Å². The summed E-state index contributed by atoms with van der Waals surface area (Å²) in [5.74, 6) is -0.374. The van der Waals surface area contributed by atoms with Crippen LogP contribution in [0.25, 0.3) is 10.1 Å². The van der Waals surface area contributed by atoms with E-state index in [2.05, 4.69) is 10.2 Å². The summed E-state index contributed by atoms with van der Waals surface area (Å²) < 4.78 is 0.449. The van der Waals surface area contributed by atoms with Crippen molar-refractivity contribution in [3.8, 4) is 5.88 Å². The third-order valence-electron chi connectivity index (χ3n) is 1.36. The molecule has 2 aromatic rings. The predicted octanol–water partition coefficient (Wildman–Crippen LogP) is 0.0582. The Labute approximate surface area is 65.1 Å². The van der Waals surface area contributed by atoms with Crippen LogP contribution in [0, 0.1) is 0 Å². The quantitative estimate of drug-likeness (QED) is 0.603. The summed E-state index contributed by atoms with van der Waals surface area (Å²) in [6.07, 6.45) is 0. The fourth-order valence-corrected chi connectivity index (χ4v) is 1.64. The van der Waals surface area contributed by atoms with Gasteiger partial charge in [-0.1, -0.05) is 0 Å². The number of rotatable bonds is 0. The van der Waals surface area contributed by atoms with Gasteiger partial charge in [0.2, 0.25) is 0 Å². The molecule has 2 aromatic heterocycles. The Bertz CT molecular complexity index is 445. The molecule has 0 unspecified atom stereocenters. The topological polar surface area (TPSA) is 68.8 Å². The average molecular weight is 167 g/mol. The number of nitrogens with one attached hydrogen (secondary N) is 1.